The quantitative estimate of drug-likeness (QED) is 0.365. The van der Waals surface area contributed by atoms with E-state index >= 15 is 0 Å². The molecular weight excluding hydrogens is 360 g/mol. The maximum Gasteiger partial charge on any atom is 0.244 e. The number of anilines is 1. The third kappa shape index (κ3) is 4.47. The van der Waals surface area contributed by atoms with Gasteiger partial charge in [0, 0.05) is 16.7 Å². The zero-order valence-corrected chi connectivity index (χ0v) is 15.9. The van der Waals surface area contributed by atoms with Crippen LogP contribution in [0.25, 0.3) is 22.5 Å². The molecule has 0 aliphatic rings. The maximum absolute atomic E-state index is 9.87. The van der Waals surface area contributed by atoms with Crippen molar-refractivity contribution in [3.63, 3.8) is 0 Å². The molecule has 5 nitrogen and oxygen atoms in total. The first-order chi connectivity index (χ1) is 14.2. The van der Waals surface area contributed by atoms with E-state index in [1.807, 2.05) is 54.6 Å². The van der Waals surface area contributed by atoms with Gasteiger partial charge in [-0.3, -0.25) is 0 Å². The molecule has 0 spiro atoms. The first-order valence-corrected chi connectivity index (χ1v) is 9.28. The van der Waals surface area contributed by atoms with Gasteiger partial charge in [0.05, 0.1) is 17.6 Å². The van der Waals surface area contributed by atoms with Crippen molar-refractivity contribution in [3.8, 4) is 28.3 Å². The summed E-state index contributed by atoms with van der Waals surface area (Å²) in [5.74, 6) is 0.547. The van der Waals surface area contributed by atoms with Gasteiger partial charge in [-0.25, -0.2) is 15.4 Å². The highest BCUT2D eigenvalue weighted by Crippen LogP contribution is 2.25. The third-order valence-electron chi connectivity index (χ3n) is 4.45. The van der Waals surface area contributed by atoms with Gasteiger partial charge in [0.15, 0.2) is 0 Å². The van der Waals surface area contributed by atoms with Gasteiger partial charge in [0.25, 0.3) is 0 Å². The van der Waals surface area contributed by atoms with E-state index in [2.05, 4.69) is 39.6 Å². The molecule has 0 unspecified atom stereocenters. The maximum atomic E-state index is 9.87. The molecule has 0 bridgehead atoms. The minimum Gasteiger partial charge on any atom is -0.507 e. The van der Waals surface area contributed by atoms with Crippen LogP contribution in [0.5, 0.6) is 5.75 Å². The number of hydrazone groups is 1. The molecule has 0 fully saturated rings. The van der Waals surface area contributed by atoms with Crippen molar-refractivity contribution in [1.82, 2.24) is 9.97 Å². The van der Waals surface area contributed by atoms with E-state index < -0.39 is 0 Å². The monoisotopic (exact) mass is 380 g/mol. The molecule has 3 aromatic carbocycles. The van der Waals surface area contributed by atoms with Crippen LogP contribution >= 0.6 is 0 Å². The molecule has 142 valence electrons. The van der Waals surface area contributed by atoms with Crippen molar-refractivity contribution in [2.45, 2.75) is 6.92 Å². The lowest BCUT2D eigenvalue weighted by molar-refractivity contribution is 0.474. The predicted octanol–water partition coefficient (Wildman–Crippen LogP) is 5.27. The van der Waals surface area contributed by atoms with Gasteiger partial charge < -0.3 is 5.11 Å². The summed E-state index contributed by atoms with van der Waals surface area (Å²) >= 11 is 0. The molecular formula is C24H20N4O. The number of nitrogens with zero attached hydrogens (tertiary/aromatic N) is 3. The first-order valence-electron chi connectivity index (χ1n) is 9.28. The van der Waals surface area contributed by atoms with E-state index in [-0.39, 0.29) is 5.75 Å². The average Bonchev–Trinajstić information content (AvgIpc) is 2.76. The Morgan fingerprint density at radius 1 is 0.793 bits per heavy atom. The van der Waals surface area contributed by atoms with Crippen molar-refractivity contribution < 1.29 is 5.11 Å². The Hall–Kier alpha value is -3.99. The molecule has 1 heterocycles. The lowest BCUT2D eigenvalue weighted by Gasteiger charge is -2.08. The smallest absolute Gasteiger partial charge is 0.244 e. The van der Waals surface area contributed by atoms with Gasteiger partial charge in [-0.1, -0.05) is 72.3 Å². The normalized spacial score (nSPS) is 10.9. The van der Waals surface area contributed by atoms with Crippen LogP contribution in [0.1, 0.15) is 11.1 Å². The van der Waals surface area contributed by atoms with Gasteiger partial charge in [-0.15, -0.1) is 0 Å². The van der Waals surface area contributed by atoms with Crippen LogP contribution in [-0.2, 0) is 0 Å². The lowest BCUT2D eigenvalue weighted by atomic mass is 10.1. The summed E-state index contributed by atoms with van der Waals surface area (Å²) in [5, 5.41) is 14.1. The number of aryl methyl sites for hydroxylation is 1. The minimum absolute atomic E-state index is 0.164. The van der Waals surface area contributed by atoms with E-state index in [9.17, 15) is 5.11 Å². The van der Waals surface area contributed by atoms with Crippen LogP contribution in [0, 0.1) is 6.92 Å². The second-order valence-electron chi connectivity index (χ2n) is 6.62. The fraction of sp³-hybridized carbons (Fsp3) is 0.0417. The lowest BCUT2D eigenvalue weighted by Crippen LogP contribution is -2.00. The number of hydrogen-bond acceptors (Lipinski definition) is 5. The minimum atomic E-state index is 0.164. The van der Waals surface area contributed by atoms with Gasteiger partial charge in [-0.2, -0.15) is 5.10 Å². The molecule has 29 heavy (non-hydrogen) atoms. The van der Waals surface area contributed by atoms with Crippen LogP contribution in [0.2, 0.25) is 0 Å². The Labute approximate surface area is 169 Å². The number of rotatable bonds is 5. The van der Waals surface area contributed by atoms with E-state index in [1.165, 1.54) is 5.56 Å². The van der Waals surface area contributed by atoms with Crippen molar-refractivity contribution in [1.29, 1.82) is 0 Å². The molecule has 0 saturated carbocycles. The number of phenols is 1. The zero-order valence-electron chi connectivity index (χ0n) is 15.9. The molecule has 2 N–H and O–H groups in total. The SMILES string of the molecule is Cc1ccc(-c2cc(-c3ccccc3)nc(N/N=C\c3ccccc3O)n2)cc1. The average molecular weight is 380 g/mol. The number of phenolic OH excluding ortho intramolecular Hbond substituents is 1. The molecule has 0 aliphatic heterocycles. The van der Waals surface area contributed by atoms with Crippen LogP contribution < -0.4 is 5.43 Å². The standard InChI is InChI=1S/C24H20N4O/c1-17-11-13-19(14-12-17)22-15-21(18-7-3-2-4-8-18)26-24(27-22)28-25-16-20-9-5-6-10-23(20)29/h2-16,29H,1H3,(H,26,27,28)/b25-16-. The van der Waals surface area contributed by atoms with E-state index in [0.29, 0.717) is 11.5 Å². The summed E-state index contributed by atoms with van der Waals surface area (Å²) in [5.41, 5.74) is 8.29. The Balaban J connectivity index is 1.69. The Bertz CT molecular complexity index is 1140. The number of nitrogens with one attached hydrogen (secondary N) is 1. The van der Waals surface area contributed by atoms with Crippen molar-refractivity contribution in [3.05, 3.63) is 96.1 Å². The highest BCUT2D eigenvalue weighted by Gasteiger charge is 2.08. The van der Waals surface area contributed by atoms with Crippen molar-refractivity contribution >= 4 is 12.2 Å². The van der Waals surface area contributed by atoms with E-state index in [4.69, 9.17) is 0 Å². The molecule has 4 aromatic rings. The topological polar surface area (TPSA) is 70.4 Å². The number of para-hydroxylation sites is 1. The summed E-state index contributed by atoms with van der Waals surface area (Å²) < 4.78 is 0. The highest BCUT2D eigenvalue weighted by molar-refractivity contribution is 5.83. The fourth-order valence-electron chi connectivity index (χ4n) is 2.88. The van der Waals surface area contributed by atoms with Crippen LogP contribution in [0.4, 0.5) is 5.95 Å². The molecule has 0 amide bonds. The van der Waals surface area contributed by atoms with Gasteiger partial charge in [0.2, 0.25) is 5.95 Å². The molecule has 0 saturated heterocycles. The second kappa shape index (κ2) is 8.35. The Morgan fingerprint density at radius 3 is 2.10 bits per heavy atom. The van der Waals surface area contributed by atoms with Crippen molar-refractivity contribution in [2.24, 2.45) is 5.10 Å². The number of aromatic hydroxyl groups is 1. The van der Waals surface area contributed by atoms with Crippen LogP contribution in [0.15, 0.2) is 90.0 Å². The number of hydrogen-bond donors (Lipinski definition) is 2. The predicted molar refractivity (Wildman–Crippen MR) is 117 cm³/mol. The van der Waals surface area contributed by atoms with E-state index in [0.717, 1.165) is 22.5 Å². The summed E-state index contributed by atoms with van der Waals surface area (Å²) in [4.78, 5) is 9.22. The highest BCUT2D eigenvalue weighted by atomic mass is 16.3. The Morgan fingerprint density at radius 2 is 1.41 bits per heavy atom. The van der Waals surface area contributed by atoms with Gasteiger partial charge in [0.1, 0.15) is 5.75 Å². The number of benzene rings is 3. The largest absolute Gasteiger partial charge is 0.507 e. The fourth-order valence-corrected chi connectivity index (χ4v) is 2.88. The summed E-state index contributed by atoms with van der Waals surface area (Å²) in [6.07, 6.45) is 1.54. The molecule has 4 rings (SSSR count). The van der Waals surface area contributed by atoms with Gasteiger partial charge in [-0.05, 0) is 25.1 Å². The second-order valence-corrected chi connectivity index (χ2v) is 6.62. The molecule has 1 aromatic heterocycles. The number of aromatic nitrogens is 2. The van der Waals surface area contributed by atoms with Crippen LogP contribution in [-0.4, -0.2) is 21.3 Å². The first kappa shape index (κ1) is 18.4. The van der Waals surface area contributed by atoms with Crippen LogP contribution in [0.3, 0.4) is 0 Å². The third-order valence-corrected chi connectivity index (χ3v) is 4.45. The molecule has 5 heteroatoms. The van der Waals surface area contributed by atoms with Crippen molar-refractivity contribution in [2.75, 3.05) is 5.43 Å². The molecule has 0 atom stereocenters. The Kier molecular flexibility index (Phi) is 5.29. The zero-order chi connectivity index (χ0) is 20.1. The molecule has 0 radical (unpaired) electrons. The summed E-state index contributed by atoms with van der Waals surface area (Å²) in [6, 6.07) is 27.1. The molecule has 0 aliphatic carbocycles. The van der Waals surface area contributed by atoms with E-state index in [1.54, 1.807) is 24.4 Å². The van der Waals surface area contributed by atoms with Gasteiger partial charge >= 0.3 is 0 Å². The summed E-state index contributed by atoms with van der Waals surface area (Å²) in [6.45, 7) is 2.06. The summed E-state index contributed by atoms with van der Waals surface area (Å²) in [7, 11) is 0.